The van der Waals surface area contributed by atoms with Crippen molar-refractivity contribution < 1.29 is 9.59 Å². The van der Waals surface area contributed by atoms with Crippen molar-refractivity contribution in [2.45, 2.75) is 39.5 Å². The van der Waals surface area contributed by atoms with Crippen molar-refractivity contribution in [3.63, 3.8) is 0 Å². The number of carbonyl (C=O) groups is 2. The number of nitrogens with one attached hydrogen (secondary N) is 1. The quantitative estimate of drug-likeness (QED) is 0.845. The summed E-state index contributed by atoms with van der Waals surface area (Å²) in [4.78, 5) is 22.4. The van der Waals surface area contributed by atoms with E-state index in [4.69, 9.17) is 0 Å². The lowest BCUT2D eigenvalue weighted by Crippen LogP contribution is -2.37. The molecule has 0 aliphatic carbocycles. The van der Waals surface area contributed by atoms with E-state index >= 15 is 0 Å². The van der Waals surface area contributed by atoms with Gasteiger partial charge in [-0.05, 0) is 37.1 Å². The van der Waals surface area contributed by atoms with Gasteiger partial charge in [-0.15, -0.1) is 0 Å². The SMILES string of the molecule is CC(=O)CC(=O)NCC(C)(C)c1cc(Br)ccc1C. The van der Waals surface area contributed by atoms with E-state index in [-0.39, 0.29) is 23.5 Å². The monoisotopic (exact) mass is 325 g/mol. The summed E-state index contributed by atoms with van der Waals surface area (Å²) in [6.07, 6.45) is -0.0481. The van der Waals surface area contributed by atoms with Gasteiger partial charge in [-0.2, -0.15) is 0 Å². The minimum atomic E-state index is -0.215. The van der Waals surface area contributed by atoms with Crippen LogP contribution in [0.5, 0.6) is 0 Å². The van der Waals surface area contributed by atoms with Crippen LogP contribution in [0.4, 0.5) is 0 Å². The van der Waals surface area contributed by atoms with Crippen LogP contribution in [0.25, 0.3) is 0 Å². The topological polar surface area (TPSA) is 46.2 Å². The van der Waals surface area contributed by atoms with Gasteiger partial charge in [-0.3, -0.25) is 9.59 Å². The Bertz CT molecular complexity index is 495. The average Bonchev–Trinajstić information content (AvgIpc) is 2.29. The summed E-state index contributed by atoms with van der Waals surface area (Å²) in [7, 11) is 0. The Morgan fingerprint density at radius 1 is 1.32 bits per heavy atom. The number of hydrogen-bond acceptors (Lipinski definition) is 2. The Kier molecular flexibility index (Phi) is 5.29. The van der Waals surface area contributed by atoms with E-state index in [0.717, 1.165) is 4.47 Å². The second-order valence-corrected chi connectivity index (χ2v) is 6.41. The van der Waals surface area contributed by atoms with E-state index in [2.05, 4.69) is 54.2 Å². The maximum absolute atomic E-state index is 11.5. The summed E-state index contributed by atoms with van der Waals surface area (Å²) >= 11 is 3.47. The van der Waals surface area contributed by atoms with Crippen LogP contribution < -0.4 is 5.32 Å². The number of hydrogen-bond donors (Lipinski definition) is 1. The molecule has 0 radical (unpaired) electrons. The summed E-state index contributed by atoms with van der Waals surface area (Å²) < 4.78 is 1.02. The first kappa shape index (κ1) is 15.9. The first-order chi connectivity index (χ1) is 8.72. The first-order valence-corrected chi connectivity index (χ1v) is 7.04. The van der Waals surface area contributed by atoms with E-state index in [1.807, 2.05) is 6.07 Å². The fourth-order valence-electron chi connectivity index (χ4n) is 2.03. The predicted octanol–water partition coefficient (Wildman–Crippen LogP) is 3.13. The number of benzene rings is 1. The Morgan fingerprint density at radius 3 is 2.53 bits per heavy atom. The summed E-state index contributed by atoms with van der Waals surface area (Å²) in [6, 6.07) is 6.13. The minimum absolute atomic E-state index is 0.0481. The molecule has 19 heavy (non-hydrogen) atoms. The molecule has 1 aromatic carbocycles. The van der Waals surface area contributed by atoms with E-state index in [1.165, 1.54) is 18.1 Å². The van der Waals surface area contributed by atoms with Crippen LogP contribution in [0.2, 0.25) is 0 Å². The molecular formula is C15H20BrNO2. The standard InChI is InChI=1S/C15H20BrNO2/c1-10-5-6-12(16)8-13(10)15(3,4)9-17-14(19)7-11(2)18/h5-6,8H,7,9H2,1-4H3,(H,17,19). The molecule has 0 saturated heterocycles. The highest BCUT2D eigenvalue weighted by Crippen LogP contribution is 2.28. The molecule has 0 heterocycles. The van der Waals surface area contributed by atoms with Crippen LogP contribution in [0.1, 0.15) is 38.3 Å². The molecule has 1 amide bonds. The van der Waals surface area contributed by atoms with Gasteiger partial charge < -0.3 is 5.32 Å². The van der Waals surface area contributed by atoms with Gasteiger partial charge in [0.1, 0.15) is 5.78 Å². The molecule has 0 aliphatic heterocycles. The highest BCUT2D eigenvalue weighted by molar-refractivity contribution is 9.10. The summed E-state index contributed by atoms with van der Waals surface area (Å²) in [6.45, 7) is 8.14. The van der Waals surface area contributed by atoms with Crippen molar-refractivity contribution in [2.24, 2.45) is 0 Å². The molecule has 0 fully saturated rings. The fraction of sp³-hybridized carbons (Fsp3) is 0.467. The first-order valence-electron chi connectivity index (χ1n) is 6.25. The second kappa shape index (κ2) is 6.33. The van der Waals surface area contributed by atoms with Crippen molar-refractivity contribution in [2.75, 3.05) is 6.54 Å². The predicted molar refractivity (Wildman–Crippen MR) is 80.2 cm³/mol. The molecule has 104 valence electrons. The van der Waals surface area contributed by atoms with Gasteiger partial charge in [0.05, 0.1) is 6.42 Å². The van der Waals surface area contributed by atoms with E-state index in [1.54, 1.807) is 0 Å². The average molecular weight is 326 g/mol. The summed E-state index contributed by atoms with van der Waals surface area (Å²) in [5, 5.41) is 2.82. The zero-order valence-electron chi connectivity index (χ0n) is 11.8. The maximum Gasteiger partial charge on any atom is 0.227 e. The summed E-state index contributed by atoms with van der Waals surface area (Å²) in [5.74, 6) is -0.331. The zero-order valence-corrected chi connectivity index (χ0v) is 13.4. The highest BCUT2D eigenvalue weighted by atomic mass is 79.9. The van der Waals surface area contributed by atoms with E-state index in [9.17, 15) is 9.59 Å². The number of amides is 1. The third-order valence-electron chi connectivity index (χ3n) is 3.07. The maximum atomic E-state index is 11.5. The molecule has 0 bridgehead atoms. The molecule has 1 rings (SSSR count). The lowest BCUT2D eigenvalue weighted by Gasteiger charge is -2.27. The van der Waals surface area contributed by atoms with Crippen molar-refractivity contribution in [3.05, 3.63) is 33.8 Å². The number of halogens is 1. The van der Waals surface area contributed by atoms with Gasteiger partial charge in [0.15, 0.2) is 0 Å². The minimum Gasteiger partial charge on any atom is -0.355 e. The highest BCUT2D eigenvalue weighted by Gasteiger charge is 2.23. The van der Waals surface area contributed by atoms with Crippen molar-refractivity contribution in [1.82, 2.24) is 5.32 Å². The molecule has 0 saturated carbocycles. The summed E-state index contributed by atoms with van der Waals surface area (Å²) in [5.41, 5.74) is 2.19. The smallest absolute Gasteiger partial charge is 0.227 e. The normalized spacial score (nSPS) is 11.2. The number of Topliss-reactive ketones (excluding diaryl/α,β-unsaturated/α-hetero) is 1. The molecule has 0 spiro atoms. The van der Waals surface area contributed by atoms with Crippen LogP contribution >= 0.6 is 15.9 Å². The number of ketones is 1. The largest absolute Gasteiger partial charge is 0.355 e. The third kappa shape index (κ3) is 4.78. The van der Waals surface area contributed by atoms with Crippen LogP contribution in [0.15, 0.2) is 22.7 Å². The lowest BCUT2D eigenvalue weighted by molar-refractivity contribution is -0.127. The van der Waals surface area contributed by atoms with Crippen LogP contribution in [0, 0.1) is 6.92 Å². The molecule has 0 aromatic heterocycles. The van der Waals surface area contributed by atoms with Gasteiger partial charge in [-0.1, -0.05) is 35.8 Å². The molecule has 0 atom stereocenters. The van der Waals surface area contributed by atoms with Crippen LogP contribution in [0.3, 0.4) is 0 Å². The fourth-order valence-corrected chi connectivity index (χ4v) is 2.39. The lowest BCUT2D eigenvalue weighted by atomic mass is 9.82. The van der Waals surface area contributed by atoms with Crippen molar-refractivity contribution in [3.8, 4) is 0 Å². The van der Waals surface area contributed by atoms with E-state index < -0.39 is 0 Å². The number of rotatable bonds is 5. The van der Waals surface area contributed by atoms with Gasteiger partial charge >= 0.3 is 0 Å². The molecular weight excluding hydrogens is 306 g/mol. The number of aryl methyl sites for hydroxylation is 1. The molecule has 1 aromatic rings. The van der Waals surface area contributed by atoms with Crippen LogP contribution in [-0.2, 0) is 15.0 Å². The van der Waals surface area contributed by atoms with Gasteiger partial charge in [0.2, 0.25) is 5.91 Å². The van der Waals surface area contributed by atoms with Gasteiger partial charge in [0, 0.05) is 16.4 Å². The van der Waals surface area contributed by atoms with E-state index in [0.29, 0.717) is 6.54 Å². The Labute approximate surface area is 122 Å². The molecule has 1 N–H and O–H groups in total. The Balaban J connectivity index is 2.78. The van der Waals surface area contributed by atoms with Gasteiger partial charge in [-0.25, -0.2) is 0 Å². The molecule has 4 heteroatoms. The zero-order chi connectivity index (χ0) is 14.6. The van der Waals surface area contributed by atoms with Gasteiger partial charge in [0.25, 0.3) is 0 Å². The Hall–Kier alpha value is -1.16. The number of carbonyl (C=O) groups excluding carboxylic acids is 2. The molecule has 0 unspecified atom stereocenters. The van der Waals surface area contributed by atoms with Crippen LogP contribution in [-0.4, -0.2) is 18.2 Å². The van der Waals surface area contributed by atoms with Crippen molar-refractivity contribution in [1.29, 1.82) is 0 Å². The second-order valence-electron chi connectivity index (χ2n) is 5.50. The van der Waals surface area contributed by atoms with Crippen molar-refractivity contribution >= 4 is 27.6 Å². The molecule has 3 nitrogen and oxygen atoms in total. The third-order valence-corrected chi connectivity index (χ3v) is 3.56. The Morgan fingerprint density at radius 2 is 1.95 bits per heavy atom. The molecule has 0 aliphatic rings.